The van der Waals surface area contributed by atoms with Crippen molar-refractivity contribution in [3.63, 3.8) is 0 Å². The van der Waals surface area contributed by atoms with Crippen LogP contribution in [0.15, 0.2) is 199 Å². The highest BCUT2D eigenvalue weighted by molar-refractivity contribution is 6.20. The predicted octanol–water partition coefficient (Wildman–Crippen LogP) is 14.2. The summed E-state index contributed by atoms with van der Waals surface area (Å²) in [6.45, 7) is 0. The first-order valence-corrected chi connectivity index (χ1v) is 18.6. The summed E-state index contributed by atoms with van der Waals surface area (Å²) in [5.74, 6) is 0.687. The third kappa shape index (κ3) is 5.28. The SMILES string of the molecule is c1ccc(-c2nc(-c3cccc(-c4c5ccccc5cc5c4ccc4ccccc45)c3)cc(-c3ccccc3-c3ccc4oc5ccccc5c4c3)n2)cc1. The number of fused-ring (bicyclic) bond motifs is 7. The van der Waals surface area contributed by atoms with Gasteiger partial charge in [0.25, 0.3) is 0 Å². The van der Waals surface area contributed by atoms with E-state index in [4.69, 9.17) is 14.4 Å². The van der Waals surface area contributed by atoms with Crippen LogP contribution in [0.5, 0.6) is 0 Å². The number of rotatable bonds is 5. The molecule has 0 radical (unpaired) electrons. The van der Waals surface area contributed by atoms with Gasteiger partial charge in [-0.25, -0.2) is 9.97 Å². The number of nitrogens with zero attached hydrogens (tertiary/aromatic N) is 2. The molecule has 0 aliphatic carbocycles. The van der Waals surface area contributed by atoms with Gasteiger partial charge in [-0.1, -0.05) is 158 Å². The van der Waals surface area contributed by atoms with Crippen LogP contribution in [0, 0.1) is 0 Å². The lowest BCUT2D eigenvalue weighted by Gasteiger charge is -2.16. The number of para-hydroxylation sites is 1. The van der Waals surface area contributed by atoms with E-state index in [-0.39, 0.29) is 0 Å². The first-order valence-electron chi connectivity index (χ1n) is 18.6. The fourth-order valence-electron chi connectivity index (χ4n) is 8.27. The summed E-state index contributed by atoms with van der Waals surface area (Å²) in [4.78, 5) is 10.5. The minimum Gasteiger partial charge on any atom is -0.456 e. The van der Waals surface area contributed by atoms with Gasteiger partial charge in [0, 0.05) is 27.5 Å². The van der Waals surface area contributed by atoms with Crippen LogP contribution in [0.4, 0.5) is 0 Å². The zero-order chi connectivity index (χ0) is 36.3. The second-order valence-corrected chi connectivity index (χ2v) is 14.1. The molecule has 0 amide bonds. The molecule has 11 rings (SSSR count). The van der Waals surface area contributed by atoms with Crippen molar-refractivity contribution in [2.45, 2.75) is 0 Å². The van der Waals surface area contributed by atoms with Gasteiger partial charge in [-0.15, -0.1) is 0 Å². The fraction of sp³-hybridized carbons (Fsp3) is 0. The molecule has 0 saturated carbocycles. The minimum absolute atomic E-state index is 0.687. The topological polar surface area (TPSA) is 38.9 Å². The van der Waals surface area contributed by atoms with E-state index in [1.807, 2.05) is 30.3 Å². The molecule has 0 saturated heterocycles. The zero-order valence-corrected chi connectivity index (χ0v) is 29.8. The van der Waals surface area contributed by atoms with E-state index in [9.17, 15) is 0 Å². The van der Waals surface area contributed by atoms with Crippen LogP contribution in [0.25, 0.3) is 110 Å². The van der Waals surface area contributed by atoms with Gasteiger partial charge in [-0.3, -0.25) is 0 Å². The molecule has 2 aromatic heterocycles. The Kier molecular flexibility index (Phi) is 7.17. The molecule has 2 heterocycles. The molecule has 0 fully saturated rings. The Labute approximate surface area is 317 Å². The molecule has 11 aromatic rings. The third-order valence-corrected chi connectivity index (χ3v) is 10.9. The van der Waals surface area contributed by atoms with E-state index >= 15 is 0 Å². The lowest BCUT2D eigenvalue weighted by Crippen LogP contribution is -1.97. The quantitative estimate of drug-likeness (QED) is 0.133. The maximum atomic E-state index is 6.17. The standard InChI is InChI=1S/C52H32N2O/c1-2-14-34(15-3-1)52-53-47(32-48(54-52)42-22-9-8-20-40(42)36-26-28-50-46(31-36)43-23-10-11-24-49(43)55-50)37-17-12-18-38(29-37)51-41-21-7-5-16-35(41)30-45-39-19-6-4-13-33(39)25-27-44(45)51/h1-32H. The lowest BCUT2D eigenvalue weighted by molar-refractivity contribution is 0.669. The first-order chi connectivity index (χ1) is 27.2. The molecule has 0 aliphatic heterocycles. The summed E-state index contributed by atoms with van der Waals surface area (Å²) in [5.41, 5.74) is 11.1. The number of furan rings is 1. The molecule has 0 atom stereocenters. The number of hydrogen-bond acceptors (Lipinski definition) is 3. The number of benzene rings is 9. The van der Waals surface area contributed by atoms with Crippen molar-refractivity contribution in [1.29, 1.82) is 0 Å². The molecule has 55 heavy (non-hydrogen) atoms. The Balaban J connectivity index is 1.11. The molecule has 0 aliphatic rings. The molecule has 0 unspecified atom stereocenters. The second-order valence-electron chi connectivity index (χ2n) is 14.1. The van der Waals surface area contributed by atoms with Crippen molar-refractivity contribution >= 4 is 54.3 Å². The van der Waals surface area contributed by atoms with Gasteiger partial charge in [0.1, 0.15) is 11.2 Å². The highest BCUT2D eigenvalue weighted by atomic mass is 16.3. The van der Waals surface area contributed by atoms with Crippen LogP contribution in [-0.2, 0) is 0 Å². The maximum Gasteiger partial charge on any atom is 0.160 e. The van der Waals surface area contributed by atoms with Crippen LogP contribution in [-0.4, -0.2) is 9.97 Å². The number of aromatic nitrogens is 2. The van der Waals surface area contributed by atoms with Crippen molar-refractivity contribution in [3.05, 3.63) is 194 Å². The molecule has 0 N–H and O–H groups in total. The van der Waals surface area contributed by atoms with E-state index in [0.29, 0.717) is 5.82 Å². The maximum absolute atomic E-state index is 6.17. The van der Waals surface area contributed by atoms with E-state index in [1.54, 1.807) is 0 Å². The Bertz CT molecular complexity index is 3270. The molecule has 0 spiro atoms. The molecule has 3 nitrogen and oxygen atoms in total. The third-order valence-electron chi connectivity index (χ3n) is 10.9. The van der Waals surface area contributed by atoms with Gasteiger partial charge in [0.15, 0.2) is 5.82 Å². The van der Waals surface area contributed by atoms with Crippen molar-refractivity contribution in [2.75, 3.05) is 0 Å². The van der Waals surface area contributed by atoms with E-state index in [1.165, 1.54) is 37.9 Å². The van der Waals surface area contributed by atoms with Gasteiger partial charge in [-0.05, 0) is 91.0 Å². The molecule has 256 valence electrons. The van der Waals surface area contributed by atoms with Gasteiger partial charge in [0.05, 0.1) is 11.4 Å². The van der Waals surface area contributed by atoms with Gasteiger partial charge >= 0.3 is 0 Å². The molecule has 3 heteroatoms. The molecule has 0 bridgehead atoms. The fourth-order valence-corrected chi connectivity index (χ4v) is 8.27. The smallest absolute Gasteiger partial charge is 0.160 e. The zero-order valence-electron chi connectivity index (χ0n) is 29.8. The van der Waals surface area contributed by atoms with Crippen molar-refractivity contribution in [2.24, 2.45) is 0 Å². The predicted molar refractivity (Wildman–Crippen MR) is 229 cm³/mol. The summed E-state index contributed by atoms with van der Waals surface area (Å²) < 4.78 is 6.17. The van der Waals surface area contributed by atoms with Crippen molar-refractivity contribution in [1.82, 2.24) is 9.97 Å². The average molecular weight is 701 g/mol. The Morgan fingerprint density at radius 2 is 0.982 bits per heavy atom. The average Bonchev–Trinajstić information content (AvgIpc) is 3.64. The van der Waals surface area contributed by atoms with E-state index in [0.717, 1.165) is 66.7 Å². The summed E-state index contributed by atoms with van der Waals surface area (Å²) in [6.07, 6.45) is 0. The highest BCUT2D eigenvalue weighted by Crippen LogP contribution is 2.42. The number of hydrogen-bond donors (Lipinski definition) is 0. The van der Waals surface area contributed by atoms with Crippen LogP contribution >= 0.6 is 0 Å². The van der Waals surface area contributed by atoms with Gasteiger partial charge < -0.3 is 4.42 Å². The van der Waals surface area contributed by atoms with Crippen LogP contribution in [0.1, 0.15) is 0 Å². The molecular formula is C52H32N2O. The Hall–Kier alpha value is -7.36. The first kappa shape index (κ1) is 31.2. The second kappa shape index (κ2) is 12.6. The van der Waals surface area contributed by atoms with Crippen LogP contribution < -0.4 is 0 Å². The molecule has 9 aromatic carbocycles. The summed E-state index contributed by atoms with van der Waals surface area (Å²) in [5, 5.41) is 9.65. The minimum atomic E-state index is 0.687. The van der Waals surface area contributed by atoms with Crippen molar-refractivity contribution in [3.8, 4) is 56.2 Å². The van der Waals surface area contributed by atoms with Crippen LogP contribution in [0.2, 0.25) is 0 Å². The largest absolute Gasteiger partial charge is 0.456 e. The van der Waals surface area contributed by atoms with Crippen molar-refractivity contribution < 1.29 is 4.42 Å². The lowest BCUT2D eigenvalue weighted by atomic mass is 9.89. The Morgan fingerprint density at radius 3 is 1.87 bits per heavy atom. The summed E-state index contributed by atoms with van der Waals surface area (Å²) in [6, 6.07) is 68.7. The van der Waals surface area contributed by atoms with Gasteiger partial charge in [0.2, 0.25) is 0 Å². The van der Waals surface area contributed by atoms with Crippen LogP contribution in [0.3, 0.4) is 0 Å². The highest BCUT2D eigenvalue weighted by Gasteiger charge is 2.17. The van der Waals surface area contributed by atoms with E-state index < -0.39 is 0 Å². The van der Waals surface area contributed by atoms with Gasteiger partial charge in [-0.2, -0.15) is 0 Å². The summed E-state index contributed by atoms with van der Waals surface area (Å²) >= 11 is 0. The summed E-state index contributed by atoms with van der Waals surface area (Å²) in [7, 11) is 0. The monoisotopic (exact) mass is 700 g/mol. The van der Waals surface area contributed by atoms with E-state index in [2.05, 4.69) is 164 Å². The molecular weight excluding hydrogens is 669 g/mol. The normalized spacial score (nSPS) is 11.6. The Morgan fingerprint density at radius 1 is 0.309 bits per heavy atom.